The van der Waals surface area contributed by atoms with E-state index >= 15 is 0 Å². The summed E-state index contributed by atoms with van der Waals surface area (Å²) < 4.78 is 19.6. The summed E-state index contributed by atoms with van der Waals surface area (Å²) in [5.41, 5.74) is 3.19. The maximum Gasteiger partial charge on any atom is 0.235 e. The number of halogens is 1. The number of para-hydroxylation sites is 1. The van der Waals surface area contributed by atoms with E-state index in [2.05, 4.69) is 4.85 Å². The van der Waals surface area contributed by atoms with Crippen LogP contribution >= 0.6 is 11.6 Å². The second-order valence-corrected chi connectivity index (χ2v) is 7.30. The maximum absolute atomic E-state index is 9.69. The molecule has 0 radical (unpaired) electrons. The molecule has 0 unspecified atom stereocenters. The summed E-state index contributed by atoms with van der Waals surface area (Å²) >= 11 is 6.37. The van der Waals surface area contributed by atoms with Crippen LogP contribution in [-0.2, 0) is 4.74 Å². The van der Waals surface area contributed by atoms with Crippen molar-refractivity contribution in [2.75, 3.05) is 20.8 Å². The number of rotatable bonds is 5. The molecular formula is C23H21ClN2O4. The fourth-order valence-electron chi connectivity index (χ4n) is 3.98. The summed E-state index contributed by atoms with van der Waals surface area (Å²) in [6.07, 6.45) is -0.595. The number of hydrogen-bond donors (Lipinski definition) is 1. The number of hydrogen-bond acceptors (Lipinski definition) is 4. The zero-order valence-corrected chi connectivity index (χ0v) is 17.4. The molecule has 0 saturated heterocycles. The zero-order valence-electron chi connectivity index (χ0n) is 16.6. The van der Waals surface area contributed by atoms with Crippen molar-refractivity contribution in [3.05, 3.63) is 81.8 Å². The van der Waals surface area contributed by atoms with Crippen molar-refractivity contribution in [1.29, 1.82) is 0 Å². The molecule has 0 spiro atoms. The van der Waals surface area contributed by atoms with Crippen LogP contribution in [0.3, 0.4) is 0 Å². The Morgan fingerprint density at radius 1 is 1.13 bits per heavy atom. The first kappa shape index (κ1) is 20.3. The molecule has 0 bridgehead atoms. The third kappa shape index (κ3) is 3.31. The van der Waals surface area contributed by atoms with Gasteiger partial charge in [-0.1, -0.05) is 30.3 Å². The summed E-state index contributed by atoms with van der Waals surface area (Å²) in [4.78, 5) is 3.68. The first-order valence-electron chi connectivity index (χ1n) is 9.49. The number of methoxy groups -OCH3 is 2. The van der Waals surface area contributed by atoms with Crippen LogP contribution in [0.4, 0.5) is 5.82 Å². The largest absolute Gasteiger partial charge is 0.493 e. The molecule has 1 aliphatic rings. The Morgan fingerprint density at radius 2 is 1.97 bits per heavy atom. The summed E-state index contributed by atoms with van der Waals surface area (Å²) in [6.45, 7) is 7.55. The Morgan fingerprint density at radius 3 is 2.67 bits per heavy atom. The van der Waals surface area contributed by atoms with E-state index in [1.54, 1.807) is 26.4 Å². The average molecular weight is 425 g/mol. The molecule has 2 aromatic carbocycles. The topological polar surface area (TPSA) is 57.2 Å². The van der Waals surface area contributed by atoms with Crippen molar-refractivity contribution in [1.82, 2.24) is 4.57 Å². The van der Waals surface area contributed by atoms with E-state index in [1.807, 2.05) is 41.0 Å². The van der Waals surface area contributed by atoms with Gasteiger partial charge in [0.2, 0.25) is 5.82 Å². The molecule has 3 aromatic rings. The van der Waals surface area contributed by atoms with E-state index in [-0.39, 0.29) is 6.61 Å². The molecule has 0 fully saturated rings. The highest BCUT2D eigenvalue weighted by Gasteiger charge is 2.35. The van der Waals surface area contributed by atoms with Crippen LogP contribution in [0.25, 0.3) is 10.5 Å². The minimum atomic E-state index is -0.543. The smallest absolute Gasteiger partial charge is 0.235 e. The molecule has 1 aromatic heterocycles. The number of ether oxygens (including phenoxy) is 3. The van der Waals surface area contributed by atoms with Crippen LogP contribution in [0.2, 0.25) is 5.02 Å². The van der Waals surface area contributed by atoms with Gasteiger partial charge in [0.1, 0.15) is 23.6 Å². The van der Waals surface area contributed by atoms with Crippen LogP contribution < -0.4 is 9.47 Å². The number of benzene rings is 2. The minimum Gasteiger partial charge on any atom is -0.493 e. The van der Waals surface area contributed by atoms with Crippen molar-refractivity contribution in [2.45, 2.75) is 18.6 Å². The van der Waals surface area contributed by atoms with Gasteiger partial charge in [0, 0.05) is 29.2 Å². The van der Waals surface area contributed by atoms with Crippen molar-refractivity contribution < 1.29 is 19.3 Å². The number of fused-ring (bicyclic) bond motifs is 3. The van der Waals surface area contributed by atoms with Gasteiger partial charge in [-0.25, -0.2) is 0 Å². The Balaban J connectivity index is 2.01. The third-order valence-corrected chi connectivity index (χ3v) is 5.49. The van der Waals surface area contributed by atoms with Gasteiger partial charge in [-0.3, -0.25) is 4.57 Å². The second kappa shape index (κ2) is 8.41. The van der Waals surface area contributed by atoms with E-state index in [0.29, 0.717) is 28.8 Å². The molecule has 30 heavy (non-hydrogen) atoms. The fourth-order valence-corrected chi connectivity index (χ4v) is 4.16. The molecule has 0 amide bonds. The third-order valence-electron chi connectivity index (χ3n) is 5.26. The van der Waals surface area contributed by atoms with Gasteiger partial charge in [0.05, 0.1) is 14.2 Å². The van der Waals surface area contributed by atoms with Gasteiger partial charge >= 0.3 is 0 Å². The van der Waals surface area contributed by atoms with E-state index < -0.39 is 12.2 Å². The number of aromatic nitrogens is 1. The second-order valence-electron chi connectivity index (χ2n) is 6.87. The lowest BCUT2D eigenvalue weighted by Gasteiger charge is -2.24. The molecule has 7 heteroatoms. The molecular weight excluding hydrogens is 404 g/mol. The Kier molecular flexibility index (Phi) is 5.69. The quantitative estimate of drug-likeness (QED) is 0.569. The normalized spacial score (nSPS) is 17.4. The van der Waals surface area contributed by atoms with Gasteiger partial charge in [-0.05, 0) is 36.4 Å². The fraction of sp³-hybridized carbons (Fsp3) is 0.261. The Labute approximate surface area is 180 Å². The number of aliphatic hydroxyl groups excluding tert-OH is 1. The minimum absolute atomic E-state index is 0.0533. The summed E-state index contributed by atoms with van der Waals surface area (Å²) in [6, 6.07) is 14.8. The molecule has 2 heterocycles. The standard InChI is InChI=1S/C23H21ClN2O4/c1-25-21-10-9-18-19(11-12-27)30-22(15-5-4-6-20(28-2)23(15)29-3)16-13-14(24)7-8-17(16)26(18)21/h4-10,13,19,22,27H,11-12H2,2-3H3/t19-,22-/m1/s1. The molecule has 6 nitrogen and oxygen atoms in total. The summed E-state index contributed by atoms with van der Waals surface area (Å²) in [5, 5.41) is 10.2. The van der Waals surface area contributed by atoms with Crippen molar-refractivity contribution in [3.63, 3.8) is 0 Å². The highest BCUT2D eigenvalue weighted by molar-refractivity contribution is 6.30. The Bertz CT molecular complexity index is 1120. The molecule has 1 N–H and O–H groups in total. The molecule has 0 saturated carbocycles. The van der Waals surface area contributed by atoms with Crippen LogP contribution in [0.1, 0.15) is 35.4 Å². The predicted octanol–water partition coefficient (Wildman–Crippen LogP) is 5.24. The van der Waals surface area contributed by atoms with Gasteiger partial charge < -0.3 is 24.2 Å². The predicted molar refractivity (Wildman–Crippen MR) is 114 cm³/mol. The monoisotopic (exact) mass is 424 g/mol. The van der Waals surface area contributed by atoms with Gasteiger partial charge in [0.15, 0.2) is 11.5 Å². The van der Waals surface area contributed by atoms with E-state index in [1.165, 1.54) is 0 Å². The first-order valence-corrected chi connectivity index (χ1v) is 9.86. The van der Waals surface area contributed by atoms with Crippen LogP contribution in [-0.4, -0.2) is 30.5 Å². The lowest BCUT2D eigenvalue weighted by Crippen LogP contribution is -2.13. The van der Waals surface area contributed by atoms with Gasteiger partial charge in [0.25, 0.3) is 0 Å². The van der Waals surface area contributed by atoms with Gasteiger partial charge in [-0.2, -0.15) is 0 Å². The lowest BCUT2D eigenvalue weighted by atomic mass is 9.98. The zero-order chi connectivity index (χ0) is 21.3. The molecule has 0 aliphatic carbocycles. The van der Waals surface area contributed by atoms with Crippen LogP contribution in [0, 0.1) is 6.57 Å². The molecule has 1 aliphatic heterocycles. The highest BCUT2D eigenvalue weighted by Crippen LogP contribution is 2.47. The van der Waals surface area contributed by atoms with Gasteiger partial charge in [-0.15, -0.1) is 0 Å². The van der Waals surface area contributed by atoms with E-state index in [0.717, 1.165) is 22.5 Å². The number of aliphatic hydroxyl groups is 1. The summed E-state index contributed by atoms with van der Waals surface area (Å²) in [7, 11) is 3.17. The SMILES string of the molecule is [C-]#[N+]c1ccc2n1-c1ccc(Cl)cc1[C@@H](c1cccc(OC)c1OC)O[C@@H]2CCO. The van der Waals surface area contributed by atoms with E-state index in [4.69, 9.17) is 32.4 Å². The van der Waals surface area contributed by atoms with Crippen molar-refractivity contribution in [3.8, 4) is 17.2 Å². The number of nitrogens with zero attached hydrogens (tertiary/aromatic N) is 2. The molecule has 4 rings (SSSR count). The van der Waals surface area contributed by atoms with Crippen LogP contribution in [0.15, 0.2) is 48.5 Å². The highest BCUT2D eigenvalue weighted by atomic mass is 35.5. The summed E-state index contributed by atoms with van der Waals surface area (Å²) in [5.74, 6) is 1.63. The maximum atomic E-state index is 9.69. The van der Waals surface area contributed by atoms with Crippen molar-refractivity contribution >= 4 is 17.4 Å². The average Bonchev–Trinajstić information content (AvgIpc) is 3.14. The molecule has 154 valence electrons. The Hall–Kier alpha value is -2.98. The van der Waals surface area contributed by atoms with Crippen LogP contribution in [0.5, 0.6) is 11.5 Å². The van der Waals surface area contributed by atoms with Crippen molar-refractivity contribution in [2.24, 2.45) is 0 Å². The first-order chi connectivity index (χ1) is 14.6. The molecule has 2 atom stereocenters. The van der Waals surface area contributed by atoms with E-state index in [9.17, 15) is 5.11 Å². The lowest BCUT2D eigenvalue weighted by molar-refractivity contribution is -0.00718.